The van der Waals surface area contributed by atoms with Gasteiger partial charge in [-0.2, -0.15) is 0 Å². The lowest BCUT2D eigenvalue weighted by atomic mass is 9.98. The standard InChI is InChI=1S/C14H14N2O2S/c15-13(19)12(10-5-2-1-3-6-10)14(17)16-9-11-7-4-8-18-11/h1-8,12H,9H2,(H2,15,19)(H,16,17). The molecule has 4 nitrogen and oxygen atoms in total. The number of benzene rings is 1. The Balaban J connectivity index is 2.07. The highest BCUT2D eigenvalue weighted by Crippen LogP contribution is 2.16. The largest absolute Gasteiger partial charge is 0.467 e. The first-order valence-electron chi connectivity index (χ1n) is 5.83. The van der Waals surface area contributed by atoms with Crippen molar-refractivity contribution >= 4 is 23.1 Å². The van der Waals surface area contributed by atoms with Crippen molar-refractivity contribution in [1.82, 2.24) is 5.32 Å². The zero-order valence-corrected chi connectivity index (χ0v) is 11.0. The van der Waals surface area contributed by atoms with Crippen LogP contribution in [0.15, 0.2) is 53.1 Å². The van der Waals surface area contributed by atoms with E-state index >= 15 is 0 Å². The Kier molecular flexibility index (Phi) is 4.30. The minimum absolute atomic E-state index is 0.156. The van der Waals surface area contributed by atoms with Gasteiger partial charge in [-0.1, -0.05) is 42.5 Å². The van der Waals surface area contributed by atoms with E-state index in [9.17, 15) is 4.79 Å². The van der Waals surface area contributed by atoms with Crippen molar-refractivity contribution in [2.75, 3.05) is 0 Å². The third-order valence-corrected chi connectivity index (χ3v) is 2.93. The molecule has 19 heavy (non-hydrogen) atoms. The molecule has 98 valence electrons. The van der Waals surface area contributed by atoms with Crippen LogP contribution in [-0.4, -0.2) is 10.9 Å². The number of hydrogen-bond acceptors (Lipinski definition) is 3. The van der Waals surface area contributed by atoms with Crippen molar-refractivity contribution in [1.29, 1.82) is 0 Å². The van der Waals surface area contributed by atoms with Crippen molar-refractivity contribution in [3.63, 3.8) is 0 Å². The maximum atomic E-state index is 12.2. The molecule has 2 rings (SSSR count). The quantitative estimate of drug-likeness (QED) is 0.818. The highest BCUT2D eigenvalue weighted by Gasteiger charge is 2.23. The summed E-state index contributed by atoms with van der Waals surface area (Å²) in [6.45, 7) is 0.317. The molecule has 0 aliphatic carbocycles. The smallest absolute Gasteiger partial charge is 0.234 e. The molecule has 0 bridgehead atoms. The molecule has 3 N–H and O–H groups in total. The van der Waals surface area contributed by atoms with Crippen molar-refractivity contribution < 1.29 is 9.21 Å². The van der Waals surface area contributed by atoms with Crippen molar-refractivity contribution in [3.05, 3.63) is 60.1 Å². The molecule has 0 saturated heterocycles. The van der Waals surface area contributed by atoms with Crippen molar-refractivity contribution in [2.24, 2.45) is 5.73 Å². The molecule has 0 aliphatic rings. The summed E-state index contributed by atoms with van der Waals surface area (Å²) in [5.41, 5.74) is 6.45. The van der Waals surface area contributed by atoms with Gasteiger partial charge in [-0.05, 0) is 17.7 Å². The van der Waals surface area contributed by atoms with Crippen LogP contribution in [-0.2, 0) is 11.3 Å². The van der Waals surface area contributed by atoms with Gasteiger partial charge >= 0.3 is 0 Å². The fraction of sp³-hybridized carbons (Fsp3) is 0.143. The molecule has 1 amide bonds. The second-order valence-electron chi connectivity index (χ2n) is 4.04. The van der Waals surface area contributed by atoms with Gasteiger partial charge in [-0.15, -0.1) is 0 Å². The summed E-state index contributed by atoms with van der Waals surface area (Å²) in [6, 6.07) is 12.8. The summed E-state index contributed by atoms with van der Waals surface area (Å²) < 4.78 is 5.15. The highest BCUT2D eigenvalue weighted by molar-refractivity contribution is 7.80. The van der Waals surface area contributed by atoms with Crippen LogP contribution >= 0.6 is 12.2 Å². The van der Waals surface area contributed by atoms with Gasteiger partial charge in [0.05, 0.1) is 17.8 Å². The average Bonchev–Trinajstić information content (AvgIpc) is 2.90. The molecular weight excluding hydrogens is 260 g/mol. The van der Waals surface area contributed by atoms with Gasteiger partial charge in [-0.3, -0.25) is 4.79 Å². The Labute approximate surface area is 116 Å². The van der Waals surface area contributed by atoms with E-state index in [4.69, 9.17) is 22.4 Å². The maximum Gasteiger partial charge on any atom is 0.234 e. The fourth-order valence-electron chi connectivity index (χ4n) is 1.78. The first kappa shape index (κ1) is 13.3. The molecule has 0 aliphatic heterocycles. The lowest BCUT2D eigenvalue weighted by molar-refractivity contribution is -0.121. The van der Waals surface area contributed by atoms with Gasteiger partial charge in [-0.25, -0.2) is 0 Å². The number of thiocarbonyl (C=S) groups is 1. The van der Waals surface area contributed by atoms with E-state index in [2.05, 4.69) is 5.32 Å². The Hall–Kier alpha value is -2.14. The predicted octanol–water partition coefficient (Wildman–Crippen LogP) is 1.97. The fourth-order valence-corrected chi connectivity index (χ4v) is 2.02. The second kappa shape index (κ2) is 6.15. The maximum absolute atomic E-state index is 12.2. The number of hydrogen-bond donors (Lipinski definition) is 2. The average molecular weight is 274 g/mol. The number of furan rings is 1. The molecule has 5 heteroatoms. The van der Waals surface area contributed by atoms with Gasteiger partial charge in [0.2, 0.25) is 5.91 Å². The number of carbonyl (C=O) groups excluding carboxylic acids is 1. The molecule has 2 aromatic rings. The summed E-state index contributed by atoms with van der Waals surface area (Å²) in [6.07, 6.45) is 1.56. The minimum Gasteiger partial charge on any atom is -0.467 e. The van der Waals surface area contributed by atoms with E-state index in [1.54, 1.807) is 18.4 Å². The SMILES string of the molecule is NC(=S)C(C(=O)NCc1ccco1)c1ccccc1. The molecule has 1 heterocycles. The minimum atomic E-state index is -0.619. The van der Waals surface area contributed by atoms with E-state index in [0.717, 1.165) is 5.56 Å². The van der Waals surface area contributed by atoms with Gasteiger partial charge in [0, 0.05) is 0 Å². The molecule has 1 atom stereocenters. The molecule has 0 radical (unpaired) electrons. The normalized spacial score (nSPS) is 11.8. The summed E-state index contributed by atoms with van der Waals surface area (Å²) in [5, 5.41) is 2.76. The van der Waals surface area contributed by atoms with Crippen LogP contribution in [0.3, 0.4) is 0 Å². The lowest BCUT2D eigenvalue weighted by Crippen LogP contribution is -2.35. The van der Waals surface area contributed by atoms with E-state index in [0.29, 0.717) is 12.3 Å². The molecule has 1 unspecified atom stereocenters. The van der Waals surface area contributed by atoms with Gasteiger partial charge in [0.1, 0.15) is 11.7 Å². The molecule has 0 saturated carbocycles. The molecule has 1 aromatic carbocycles. The molecule has 0 spiro atoms. The van der Waals surface area contributed by atoms with Crippen LogP contribution in [0.25, 0.3) is 0 Å². The number of amides is 1. The molecular formula is C14H14N2O2S. The van der Waals surface area contributed by atoms with E-state index in [-0.39, 0.29) is 10.9 Å². The van der Waals surface area contributed by atoms with Crippen LogP contribution in [0.5, 0.6) is 0 Å². The number of rotatable bonds is 5. The Morgan fingerprint density at radius 1 is 1.26 bits per heavy atom. The van der Waals surface area contributed by atoms with Crippen LogP contribution in [0.1, 0.15) is 17.2 Å². The number of nitrogens with two attached hydrogens (primary N) is 1. The van der Waals surface area contributed by atoms with Crippen molar-refractivity contribution in [2.45, 2.75) is 12.5 Å². The van der Waals surface area contributed by atoms with E-state index in [1.807, 2.05) is 30.3 Å². The van der Waals surface area contributed by atoms with Crippen molar-refractivity contribution in [3.8, 4) is 0 Å². The number of nitrogens with one attached hydrogen (secondary N) is 1. The van der Waals surface area contributed by atoms with Crippen LogP contribution in [0, 0.1) is 0 Å². The highest BCUT2D eigenvalue weighted by atomic mass is 32.1. The summed E-state index contributed by atoms with van der Waals surface area (Å²) >= 11 is 4.98. The zero-order valence-electron chi connectivity index (χ0n) is 10.2. The van der Waals surface area contributed by atoms with Gasteiger partial charge < -0.3 is 15.5 Å². The third kappa shape index (κ3) is 3.42. The summed E-state index contributed by atoms with van der Waals surface area (Å²) in [4.78, 5) is 12.3. The molecule has 0 fully saturated rings. The van der Waals surface area contributed by atoms with Gasteiger partial charge in [0.25, 0.3) is 0 Å². The topological polar surface area (TPSA) is 68.3 Å². The van der Waals surface area contributed by atoms with E-state index < -0.39 is 5.92 Å². The second-order valence-corrected chi connectivity index (χ2v) is 4.51. The van der Waals surface area contributed by atoms with Crippen LogP contribution in [0.4, 0.5) is 0 Å². The zero-order chi connectivity index (χ0) is 13.7. The number of carbonyl (C=O) groups is 1. The van der Waals surface area contributed by atoms with E-state index in [1.165, 1.54) is 0 Å². The first-order valence-corrected chi connectivity index (χ1v) is 6.23. The Morgan fingerprint density at radius 3 is 2.58 bits per heavy atom. The predicted molar refractivity (Wildman–Crippen MR) is 76.5 cm³/mol. The lowest BCUT2D eigenvalue weighted by Gasteiger charge is -2.15. The first-order chi connectivity index (χ1) is 9.18. The Bertz CT molecular complexity index is 552. The van der Waals surface area contributed by atoms with Gasteiger partial charge in [0.15, 0.2) is 0 Å². The van der Waals surface area contributed by atoms with Crippen LogP contribution in [0.2, 0.25) is 0 Å². The monoisotopic (exact) mass is 274 g/mol. The van der Waals surface area contributed by atoms with Crippen LogP contribution < -0.4 is 11.1 Å². The molecule has 1 aromatic heterocycles. The summed E-state index contributed by atoms with van der Waals surface area (Å²) in [7, 11) is 0. The Morgan fingerprint density at radius 2 is 2.00 bits per heavy atom. The summed E-state index contributed by atoms with van der Waals surface area (Å²) in [5.74, 6) is -0.163. The third-order valence-electron chi connectivity index (χ3n) is 2.70.